The Labute approximate surface area is 67.1 Å². The summed E-state index contributed by atoms with van der Waals surface area (Å²) < 4.78 is 4.97. The molecule has 0 aromatic heterocycles. The van der Waals surface area contributed by atoms with Gasteiger partial charge in [0, 0.05) is 0 Å². The lowest BCUT2D eigenvalue weighted by atomic mass is 10.2. The lowest BCUT2D eigenvalue weighted by Crippen LogP contribution is -2.32. The summed E-state index contributed by atoms with van der Waals surface area (Å²) in [6.45, 7) is 3.50. The molecule has 1 fully saturated rings. The molecule has 1 atom stereocenters. The minimum absolute atomic E-state index is 0.0263. The van der Waals surface area contributed by atoms with Gasteiger partial charge in [-0.2, -0.15) is 0 Å². The summed E-state index contributed by atoms with van der Waals surface area (Å²) in [4.78, 5) is 11.1. The van der Waals surface area contributed by atoms with E-state index in [0.717, 1.165) is 25.8 Å². The molecular weight excluding hydrogens is 142 g/mol. The van der Waals surface area contributed by atoms with Gasteiger partial charge in [0.05, 0.1) is 6.61 Å². The number of nitrogens with one attached hydrogen (secondary N) is 1. The fourth-order valence-electron chi connectivity index (χ4n) is 1.19. The average Bonchev–Trinajstić information content (AvgIpc) is 2.52. The summed E-state index contributed by atoms with van der Waals surface area (Å²) >= 11 is 0. The number of hydrogen-bond donors (Lipinski definition) is 1. The molecule has 0 spiro atoms. The summed E-state index contributed by atoms with van der Waals surface area (Å²) in [7, 11) is 0. The smallest absolute Gasteiger partial charge is 0.323 e. The highest BCUT2D eigenvalue weighted by Gasteiger charge is 2.22. The third-order valence-corrected chi connectivity index (χ3v) is 1.79. The third kappa shape index (κ3) is 2.50. The summed E-state index contributed by atoms with van der Waals surface area (Å²) in [5, 5.41) is 3.09. The molecule has 11 heavy (non-hydrogen) atoms. The summed E-state index contributed by atoms with van der Waals surface area (Å²) in [5.74, 6) is -0.0793. The highest BCUT2D eigenvalue weighted by molar-refractivity contribution is 5.76. The number of carbonyl (C=O) groups is 1. The fourth-order valence-corrected chi connectivity index (χ4v) is 1.19. The Morgan fingerprint density at radius 1 is 1.73 bits per heavy atom. The Morgan fingerprint density at radius 2 is 2.55 bits per heavy atom. The molecular formula is C8H15NO2. The molecule has 1 rings (SSSR count). The van der Waals surface area contributed by atoms with Gasteiger partial charge < -0.3 is 10.1 Å². The van der Waals surface area contributed by atoms with Crippen LogP contribution in [0.25, 0.3) is 0 Å². The summed E-state index contributed by atoms with van der Waals surface area (Å²) in [6.07, 6.45) is 2.92. The molecule has 1 unspecified atom stereocenters. The second kappa shape index (κ2) is 4.34. The van der Waals surface area contributed by atoms with Crippen LogP contribution in [0.1, 0.15) is 26.2 Å². The highest BCUT2D eigenvalue weighted by atomic mass is 16.5. The van der Waals surface area contributed by atoms with Crippen LogP contribution in [-0.2, 0) is 9.53 Å². The van der Waals surface area contributed by atoms with E-state index in [0.29, 0.717) is 6.61 Å². The minimum atomic E-state index is -0.0793. The van der Waals surface area contributed by atoms with E-state index in [4.69, 9.17) is 4.74 Å². The van der Waals surface area contributed by atoms with Crippen LogP contribution in [0.4, 0.5) is 0 Å². The van der Waals surface area contributed by atoms with E-state index in [-0.39, 0.29) is 12.0 Å². The molecule has 0 saturated carbocycles. The van der Waals surface area contributed by atoms with E-state index in [1.54, 1.807) is 0 Å². The molecule has 0 aliphatic carbocycles. The van der Waals surface area contributed by atoms with Crippen molar-refractivity contribution >= 4 is 5.97 Å². The van der Waals surface area contributed by atoms with E-state index < -0.39 is 0 Å². The Balaban J connectivity index is 2.17. The first kappa shape index (κ1) is 8.53. The minimum Gasteiger partial charge on any atom is -0.465 e. The summed E-state index contributed by atoms with van der Waals surface area (Å²) in [6, 6.07) is -0.0263. The first-order chi connectivity index (χ1) is 5.34. The zero-order valence-electron chi connectivity index (χ0n) is 6.93. The van der Waals surface area contributed by atoms with E-state index in [9.17, 15) is 4.79 Å². The first-order valence-corrected chi connectivity index (χ1v) is 4.24. The van der Waals surface area contributed by atoms with Gasteiger partial charge in [-0.25, -0.2) is 0 Å². The van der Waals surface area contributed by atoms with Gasteiger partial charge in [0.15, 0.2) is 0 Å². The Kier molecular flexibility index (Phi) is 3.36. The second-order valence-electron chi connectivity index (χ2n) is 2.82. The van der Waals surface area contributed by atoms with Crippen molar-refractivity contribution < 1.29 is 9.53 Å². The average molecular weight is 157 g/mol. The quantitative estimate of drug-likeness (QED) is 0.612. The predicted octanol–water partition coefficient (Wildman–Crippen LogP) is 0.692. The Morgan fingerprint density at radius 3 is 3.09 bits per heavy atom. The van der Waals surface area contributed by atoms with E-state index in [1.807, 2.05) is 6.92 Å². The van der Waals surface area contributed by atoms with E-state index in [2.05, 4.69) is 5.32 Å². The Hall–Kier alpha value is -0.570. The van der Waals surface area contributed by atoms with Crippen LogP contribution in [0.5, 0.6) is 0 Å². The zero-order chi connectivity index (χ0) is 8.10. The SMILES string of the molecule is CCCOC(=O)C1CCCN1. The molecule has 1 heterocycles. The molecule has 0 radical (unpaired) electrons. The second-order valence-corrected chi connectivity index (χ2v) is 2.82. The van der Waals surface area contributed by atoms with Crippen LogP contribution in [0, 0.1) is 0 Å². The van der Waals surface area contributed by atoms with Gasteiger partial charge in [-0.05, 0) is 25.8 Å². The maximum absolute atomic E-state index is 11.1. The van der Waals surface area contributed by atoms with Gasteiger partial charge in [0.2, 0.25) is 0 Å². The molecule has 0 amide bonds. The van der Waals surface area contributed by atoms with Gasteiger partial charge in [0.25, 0.3) is 0 Å². The van der Waals surface area contributed by atoms with E-state index >= 15 is 0 Å². The molecule has 3 nitrogen and oxygen atoms in total. The standard InChI is InChI=1S/C8H15NO2/c1-2-6-11-8(10)7-4-3-5-9-7/h7,9H,2-6H2,1H3. The van der Waals surface area contributed by atoms with Crippen molar-refractivity contribution in [2.75, 3.05) is 13.2 Å². The normalized spacial score (nSPS) is 23.5. The zero-order valence-corrected chi connectivity index (χ0v) is 6.93. The number of ether oxygens (including phenoxy) is 1. The van der Waals surface area contributed by atoms with Gasteiger partial charge in [-0.3, -0.25) is 4.79 Å². The number of esters is 1. The van der Waals surface area contributed by atoms with Crippen molar-refractivity contribution in [3.05, 3.63) is 0 Å². The van der Waals surface area contributed by atoms with Crippen LogP contribution in [-0.4, -0.2) is 25.2 Å². The third-order valence-electron chi connectivity index (χ3n) is 1.79. The first-order valence-electron chi connectivity index (χ1n) is 4.24. The van der Waals surface area contributed by atoms with Crippen LogP contribution in [0.3, 0.4) is 0 Å². The van der Waals surface area contributed by atoms with Crippen LogP contribution >= 0.6 is 0 Å². The number of rotatable bonds is 3. The molecule has 1 aliphatic rings. The van der Waals surface area contributed by atoms with Crippen LogP contribution < -0.4 is 5.32 Å². The topological polar surface area (TPSA) is 38.3 Å². The number of carbonyl (C=O) groups excluding carboxylic acids is 1. The van der Waals surface area contributed by atoms with E-state index in [1.165, 1.54) is 0 Å². The van der Waals surface area contributed by atoms with Gasteiger partial charge in [0.1, 0.15) is 6.04 Å². The molecule has 1 saturated heterocycles. The van der Waals surface area contributed by atoms with Crippen molar-refractivity contribution in [2.45, 2.75) is 32.2 Å². The number of hydrogen-bond acceptors (Lipinski definition) is 3. The van der Waals surface area contributed by atoms with Crippen molar-refractivity contribution in [1.29, 1.82) is 0 Å². The lowest BCUT2D eigenvalue weighted by Gasteiger charge is -2.08. The molecule has 0 bridgehead atoms. The van der Waals surface area contributed by atoms with Gasteiger partial charge in [-0.15, -0.1) is 0 Å². The maximum atomic E-state index is 11.1. The predicted molar refractivity (Wildman–Crippen MR) is 42.3 cm³/mol. The van der Waals surface area contributed by atoms with Crippen LogP contribution in [0.2, 0.25) is 0 Å². The highest BCUT2D eigenvalue weighted by Crippen LogP contribution is 2.06. The van der Waals surface area contributed by atoms with Crippen molar-refractivity contribution in [3.63, 3.8) is 0 Å². The maximum Gasteiger partial charge on any atom is 0.323 e. The molecule has 64 valence electrons. The molecule has 0 aromatic carbocycles. The van der Waals surface area contributed by atoms with Crippen molar-refractivity contribution in [3.8, 4) is 0 Å². The molecule has 1 aliphatic heterocycles. The van der Waals surface area contributed by atoms with Crippen molar-refractivity contribution in [1.82, 2.24) is 5.32 Å². The van der Waals surface area contributed by atoms with Crippen LogP contribution in [0.15, 0.2) is 0 Å². The largest absolute Gasteiger partial charge is 0.465 e. The van der Waals surface area contributed by atoms with Gasteiger partial charge >= 0.3 is 5.97 Å². The fraction of sp³-hybridized carbons (Fsp3) is 0.875. The molecule has 0 aromatic rings. The molecule has 1 N–H and O–H groups in total. The monoisotopic (exact) mass is 157 g/mol. The summed E-state index contributed by atoms with van der Waals surface area (Å²) in [5.41, 5.74) is 0. The lowest BCUT2D eigenvalue weighted by molar-refractivity contribution is -0.145. The molecule has 3 heteroatoms. The Bertz CT molecular complexity index is 130. The van der Waals surface area contributed by atoms with Gasteiger partial charge in [-0.1, -0.05) is 6.92 Å². The van der Waals surface area contributed by atoms with Crippen molar-refractivity contribution in [2.24, 2.45) is 0 Å².